The lowest BCUT2D eigenvalue weighted by molar-refractivity contribution is -0.121. The molecule has 1 aromatic heterocycles. The number of aryl methyl sites for hydroxylation is 1. The first-order chi connectivity index (χ1) is 15.2. The molecule has 156 valence electrons. The molecule has 0 saturated heterocycles. The van der Waals surface area contributed by atoms with Crippen LogP contribution in [0.3, 0.4) is 0 Å². The summed E-state index contributed by atoms with van der Waals surface area (Å²) in [5, 5.41) is 14.9. The number of nitrogens with one attached hydrogen (secondary N) is 1. The molecule has 0 spiro atoms. The second-order valence-corrected chi connectivity index (χ2v) is 7.51. The molecule has 0 aliphatic rings. The van der Waals surface area contributed by atoms with Crippen LogP contribution >= 0.6 is 0 Å². The van der Waals surface area contributed by atoms with Gasteiger partial charge in [-0.3, -0.25) is 9.78 Å². The summed E-state index contributed by atoms with van der Waals surface area (Å²) in [7, 11) is 0. The average molecular weight is 412 g/mol. The summed E-state index contributed by atoms with van der Waals surface area (Å²) in [6.45, 7) is 0.444. The van der Waals surface area contributed by atoms with Crippen molar-refractivity contribution in [3.63, 3.8) is 0 Å². The molecule has 0 radical (unpaired) electrons. The third kappa shape index (κ3) is 4.73. The van der Waals surface area contributed by atoms with Gasteiger partial charge in [0.25, 0.3) is 0 Å². The standard InChI is InChI=1S/C26H25N3O2/c27-17-19-8-11-21(12-9-19)24(29-23(30)15-10-18-5-2-1-3-6-18)22-14-13-20-7-4-16-28-25(20)26(22)31/h1-9,11-14,16,24,31H,10,15,17,27H2,(H,29,30). The zero-order chi connectivity index (χ0) is 21.6. The van der Waals surface area contributed by atoms with Gasteiger partial charge in [0.05, 0.1) is 6.04 Å². The lowest BCUT2D eigenvalue weighted by Gasteiger charge is -2.22. The first kappa shape index (κ1) is 20.6. The van der Waals surface area contributed by atoms with Gasteiger partial charge in [-0.25, -0.2) is 0 Å². The molecule has 31 heavy (non-hydrogen) atoms. The summed E-state index contributed by atoms with van der Waals surface area (Å²) in [6, 6.07) is 24.7. The highest BCUT2D eigenvalue weighted by atomic mass is 16.3. The fraction of sp³-hybridized carbons (Fsp3) is 0.154. The summed E-state index contributed by atoms with van der Waals surface area (Å²) >= 11 is 0. The molecule has 4 N–H and O–H groups in total. The zero-order valence-electron chi connectivity index (χ0n) is 17.2. The van der Waals surface area contributed by atoms with Gasteiger partial charge in [0.1, 0.15) is 11.3 Å². The Labute approximate surface area is 181 Å². The number of phenols is 1. The number of carbonyl (C=O) groups is 1. The summed E-state index contributed by atoms with van der Waals surface area (Å²) in [4.78, 5) is 17.2. The number of hydrogen-bond acceptors (Lipinski definition) is 4. The number of aromatic nitrogens is 1. The van der Waals surface area contributed by atoms with E-state index in [4.69, 9.17) is 5.73 Å². The van der Waals surface area contributed by atoms with Crippen molar-refractivity contribution < 1.29 is 9.90 Å². The molecule has 0 bridgehead atoms. The number of hydrogen-bond donors (Lipinski definition) is 3. The number of pyridine rings is 1. The van der Waals surface area contributed by atoms with E-state index in [-0.39, 0.29) is 11.7 Å². The van der Waals surface area contributed by atoms with E-state index < -0.39 is 6.04 Å². The molecule has 1 heterocycles. The molecular weight excluding hydrogens is 386 g/mol. The van der Waals surface area contributed by atoms with Gasteiger partial charge < -0.3 is 16.2 Å². The fourth-order valence-electron chi connectivity index (χ4n) is 3.70. The first-order valence-electron chi connectivity index (χ1n) is 10.3. The second-order valence-electron chi connectivity index (χ2n) is 7.51. The summed E-state index contributed by atoms with van der Waals surface area (Å²) in [6.07, 6.45) is 2.65. The highest BCUT2D eigenvalue weighted by Gasteiger charge is 2.22. The summed E-state index contributed by atoms with van der Waals surface area (Å²) in [5.74, 6) is -0.00775. The fourth-order valence-corrected chi connectivity index (χ4v) is 3.70. The van der Waals surface area contributed by atoms with Crippen molar-refractivity contribution in [2.45, 2.75) is 25.4 Å². The molecule has 4 rings (SSSR count). The number of phenolic OH excluding ortho intramolecular Hbond substituents is 1. The Morgan fingerprint density at radius 3 is 2.45 bits per heavy atom. The van der Waals surface area contributed by atoms with Gasteiger partial charge in [-0.1, -0.05) is 72.8 Å². The van der Waals surface area contributed by atoms with Gasteiger partial charge >= 0.3 is 0 Å². The number of nitrogens with two attached hydrogens (primary N) is 1. The van der Waals surface area contributed by atoms with Crippen LogP contribution in [-0.2, 0) is 17.8 Å². The van der Waals surface area contributed by atoms with E-state index in [0.717, 1.165) is 22.1 Å². The SMILES string of the molecule is NCc1ccc(C(NC(=O)CCc2ccccc2)c2ccc3cccnc3c2O)cc1. The quantitative estimate of drug-likeness (QED) is 0.424. The molecule has 0 saturated carbocycles. The van der Waals surface area contributed by atoms with E-state index in [9.17, 15) is 9.90 Å². The number of amides is 1. The van der Waals surface area contributed by atoms with Crippen molar-refractivity contribution in [2.75, 3.05) is 0 Å². The number of rotatable bonds is 7. The topological polar surface area (TPSA) is 88.2 Å². The molecule has 0 fully saturated rings. The zero-order valence-corrected chi connectivity index (χ0v) is 17.2. The molecular formula is C26H25N3O2. The van der Waals surface area contributed by atoms with Crippen molar-refractivity contribution in [3.05, 3.63) is 107 Å². The molecule has 5 heteroatoms. The smallest absolute Gasteiger partial charge is 0.221 e. The van der Waals surface area contributed by atoms with E-state index in [1.165, 1.54) is 0 Å². The van der Waals surface area contributed by atoms with Crippen molar-refractivity contribution in [1.82, 2.24) is 10.3 Å². The first-order valence-corrected chi connectivity index (χ1v) is 10.3. The van der Waals surface area contributed by atoms with E-state index in [1.54, 1.807) is 6.20 Å². The summed E-state index contributed by atoms with van der Waals surface area (Å²) in [5.41, 5.74) is 9.84. The minimum atomic E-state index is -0.499. The number of carbonyl (C=O) groups excluding carboxylic acids is 1. The Morgan fingerprint density at radius 1 is 0.935 bits per heavy atom. The third-order valence-corrected chi connectivity index (χ3v) is 5.43. The van der Waals surface area contributed by atoms with Crippen LogP contribution in [-0.4, -0.2) is 16.0 Å². The summed E-state index contributed by atoms with van der Waals surface area (Å²) < 4.78 is 0. The van der Waals surface area contributed by atoms with E-state index >= 15 is 0 Å². The molecule has 0 aliphatic carbocycles. The number of benzene rings is 3. The molecule has 1 unspecified atom stereocenters. The second kappa shape index (κ2) is 9.41. The molecule has 1 atom stereocenters. The molecule has 4 aromatic rings. The molecule has 0 aliphatic heterocycles. The number of fused-ring (bicyclic) bond motifs is 1. The third-order valence-electron chi connectivity index (χ3n) is 5.43. The van der Waals surface area contributed by atoms with Crippen molar-refractivity contribution in [2.24, 2.45) is 5.73 Å². The minimum Gasteiger partial charge on any atom is -0.505 e. The van der Waals surface area contributed by atoms with E-state index in [0.29, 0.717) is 30.5 Å². The van der Waals surface area contributed by atoms with E-state index in [2.05, 4.69) is 10.3 Å². The van der Waals surface area contributed by atoms with Crippen LogP contribution in [0.4, 0.5) is 0 Å². The van der Waals surface area contributed by atoms with Crippen molar-refractivity contribution >= 4 is 16.8 Å². The van der Waals surface area contributed by atoms with Gasteiger partial charge in [0.15, 0.2) is 0 Å². The average Bonchev–Trinajstić information content (AvgIpc) is 2.83. The maximum absolute atomic E-state index is 12.8. The molecule has 3 aromatic carbocycles. The van der Waals surface area contributed by atoms with Gasteiger partial charge in [-0.2, -0.15) is 0 Å². The lowest BCUT2D eigenvalue weighted by atomic mass is 9.95. The van der Waals surface area contributed by atoms with Gasteiger partial charge in [0, 0.05) is 30.1 Å². The van der Waals surface area contributed by atoms with Gasteiger partial charge in [0.2, 0.25) is 5.91 Å². The van der Waals surface area contributed by atoms with Crippen LogP contribution in [0.1, 0.15) is 34.7 Å². The van der Waals surface area contributed by atoms with Crippen LogP contribution in [0.15, 0.2) is 85.1 Å². The van der Waals surface area contributed by atoms with Gasteiger partial charge in [-0.05, 0) is 29.2 Å². The Hall–Kier alpha value is -3.70. The van der Waals surface area contributed by atoms with Crippen LogP contribution in [0.5, 0.6) is 5.75 Å². The predicted octanol–water partition coefficient (Wildman–Crippen LogP) is 4.24. The minimum absolute atomic E-state index is 0.0781. The van der Waals surface area contributed by atoms with Crippen LogP contribution in [0, 0.1) is 0 Å². The van der Waals surface area contributed by atoms with Gasteiger partial charge in [-0.15, -0.1) is 0 Å². The largest absolute Gasteiger partial charge is 0.505 e. The van der Waals surface area contributed by atoms with E-state index in [1.807, 2.05) is 78.9 Å². The highest BCUT2D eigenvalue weighted by Crippen LogP contribution is 2.34. The highest BCUT2D eigenvalue weighted by molar-refractivity contribution is 5.86. The Bertz CT molecular complexity index is 1170. The monoisotopic (exact) mass is 411 g/mol. The van der Waals surface area contributed by atoms with Crippen molar-refractivity contribution in [1.29, 1.82) is 0 Å². The molecule has 5 nitrogen and oxygen atoms in total. The normalized spacial score (nSPS) is 11.9. The number of aromatic hydroxyl groups is 1. The Balaban J connectivity index is 1.64. The van der Waals surface area contributed by atoms with Crippen LogP contribution < -0.4 is 11.1 Å². The predicted molar refractivity (Wildman–Crippen MR) is 122 cm³/mol. The number of nitrogens with zero attached hydrogens (tertiary/aromatic N) is 1. The Morgan fingerprint density at radius 2 is 1.71 bits per heavy atom. The maximum atomic E-state index is 12.8. The van der Waals surface area contributed by atoms with Crippen LogP contribution in [0.2, 0.25) is 0 Å². The molecule has 1 amide bonds. The lowest BCUT2D eigenvalue weighted by Crippen LogP contribution is -2.29. The van der Waals surface area contributed by atoms with Crippen molar-refractivity contribution in [3.8, 4) is 5.75 Å². The maximum Gasteiger partial charge on any atom is 0.221 e. The van der Waals surface area contributed by atoms with Crippen LogP contribution in [0.25, 0.3) is 10.9 Å². The Kier molecular flexibility index (Phi) is 6.24.